The number of esters is 1. The molecule has 2 aromatic carbocycles. The molecule has 1 unspecified atom stereocenters. The molecule has 0 aliphatic rings. The number of aromatic nitrogens is 1. The van der Waals surface area contributed by atoms with Crippen LogP contribution in [-0.2, 0) is 20.7 Å². The summed E-state index contributed by atoms with van der Waals surface area (Å²) in [6, 6.07) is 17.0. The third kappa shape index (κ3) is 5.81. The maximum Gasteiger partial charge on any atom is 0.328 e. The van der Waals surface area contributed by atoms with Crippen LogP contribution < -0.4 is 5.32 Å². The number of thiazole rings is 1. The van der Waals surface area contributed by atoms with E-state index in [1.54, 1.807) is 23.1 Å². The van der Waals surface area contributed by atoms with Gasteiger partial charge >= 0.3 is 5.97 Å². The molecule has 1 amide bonds. The zero-order valence-electron chi connectivity index (χ0n) is 15.6. The van der Waals surface area contributed by atoms with Gasteiger partial charge in [0.15, 0.2) is 4.34 Å². The number of nitrogens with zero attached hydrogens (tertiary/aromatic N) is 1. The number of amides is 1. The number of fused-ring (bicyclic) bond motifs is 1. The van der Waals surface area contributed by atoms with Crippen molar-refractivity contribution in [3.63, 3.8) is 0 Å². The van der Waals surface area contributed by atoms with Crippen molar-refractivity contribution >= 4 is 45.2 Å². The molecule has 0 spiro atoms. The van der Waals surface area contributed by atoms with Crippen LogP contribution in [-0.4, -0.2) is 35.8 Å². The van der Waals surface area contributed by atoms with Gasteiger partial charge in [0, 0.05) is 18.6 Å². The lowest BCUT2D eigenvalue weighted by molar-refractivity contribution is -0.145. The molecule has 3 aromatic rings. The quantitative estimate of drug-likeness (QED) is 0.325. The molecule has 3 rings (SSSR count). The maximum atomic E-state index is 12.3. The molecule has 0 fully saturated rings. The molecular formula is C21H22N2O3S2. The highest BCUT2D eigenvalue weighted by Crippen LogP contribution is 2.29. The van der Waals surface area contributed by atoms with Crippen LogP contribution in [0, 0.1) is 0 Å². The first-order valence-electron chi connectivity index (χ1n) is 9.05. The molecule has 1 aromatic heterocycles. The van der Waals surface area contributed by atoms with Crippen LogP contribution in [0.1, 0.15) is 18.4 Å². The van der Waals surface area contributed by atoms with Crippen LogP contribution in [0.2, 0.25) is 0 Å². The summed E-state index contributed by atoms with van der Waals surface area (Å²) >= 11 is 3.32. The Morgan fingerprint density at radius 3 is 2.64 bits per heavy atom. The Bertz CT molecular complexity index is 895. The number of nitrogens with one attached hydrogen (secondary N) is 1. The van der Waals surface area contributed by atoms with E-state index in [1.807, 2.05) is 48.5 Å². The first-order valence-corrected chi connectivity index (χ1v) is 10.9. The Balaban J connectivity index is 1.45. The summed E-state index contributed by atoms with van der Waals surface area (Å²) in [5.74, 6) is 0.228. The number of benzene rings is 2. The summed E-state index contributed by atoms with van der Waals surface area (Å²) in [5, 5.41) is 2.80. The third-order valence-electron chi connectivity index (χ3n) is 4.15. The van der Waals surface area contributed by atoms with E-state index in [1.165, 1.54) is 11.8 Å². The Kier molecular flexibility index (Phi) is 7.45. The maximum absolute atomic E-state index is 12.3. The molecule has 0 radical (unpaired) electrons. The van der Waals surface area contributed by atoms with Gasteiger partial charge in [-0.2, -0.15) is 0 Å². The summed E-state index contributed by atoms with van der Waals surface area (Å²) in [6.45, 7) is 0. The molecule has 146 valence electrons. The second kappa shape index (κ2) is 10.2. The second-order valence-corrected chi connectivity index (χ2v) is 8.61. The van der Waals surface area contributed by atoms with Gasteiger partial charge in [0.05, 0.1) is 17.3 Å². The highest BCUT2D eigenvalue weighted by Gasteiger charge is 2.21. The second-order valence-electron chi connectivity index (χ2n) is 6.23. The molecule has 0 aliphatic heterocycles. The number of carbonyl (C=O) groups is 2. The van der Waals surface area contributed by atoms with Crippen molar-refractivity contribution in [3.05, 3.63) is 60.2 Å². The number of rotatable bonds is 9. The standard InChI is InChI=1S/C21H22N2O3S2/c1-26-20(25)17(14-15-8-3-2-4-9-15)22-19(24)12-7-13-27-21-23-16-10-5-6-11-18(16)28-21/h2-6,8-11,17H,7,12-14H2,1H3,(H,22,24). The molecule has 0 aliphatic carbocycles. The highest BCUT2D eigenvalue weighted by molar-refractivity contribution is 8.01. The minimum Gasteiger partial charge on any atom is -0.467 e. The zero-order chi connectivity index (χ0) is 19.8. The van der Waals surface area contributed by atoms with E-state index < -0.39 is 12.0 Å². The Morgan fingerprint density at radius 2 is 1.89 bits per heavy atom. The number of hydrogen-bond donors (Lipinski definition) is 1. The smallest absolute Gasteiger partial charge is 0.328 e. The van der Waals surface area contributed by atoms with Gasteiger partial charge in [0.2, 0.25) is 5.91 Å². The fourth-order valence-electron chi connectivity index (χ4n) is 2.76. The monoisotopic (exact) mass is 414 g/mol. The topological polar surface area (TPSA) is 68.3 Å². The van der Waals surface area contributed by atoms with Crippen molar-refractivity contribution in [2.24, 2.45) is 0 Å². The van der Waals surface area contributed by atoms with Crippen LogP contribution >= 0.6 is 23.1 Å². The van der Waals surface area contributed by atoms with Crippen molar-refractivity contribution in [3.8, 4) is 0 Å². The minimum atomic E-state index is -0.670. The lowest BCUT2D eigenvalue weighted by Crippen LogP contribution is -2.43. The van der Waals surface area contributed by atoms with Crippen LogP contribution in [0.4, 0.5) is 0 Å². The van der Waals surface area contributed by atoms with E-state index in [0.29, 0.717) is 19.3 Å². The molecule has 0 saturated heterocycles. The molecule has 7 heteroatoms. The van der Waals surface area contributed by atoms with E-state index in [4.69, 9.17) is 4.74 Å². The lowest BCUT2D eigenvalue weighted by Gasteiger charge is -2.16. The first-order chi connectivity index (χ1) is 13.7. The number of carbonyl (C=O) groups excluding carboxylic acids is 2. The molecule has 1 atom stereocenters. The van der Waals surface area contributed by atoms with E-state index in [-0.39, 0.29) is 5.91 Å². The van der Waals surface area contributed by atoms with Crippen LogP contribution in [0.3, 0.4) is 0 Å². The Hall–Kier alpha value is -2.38. The fourth-order valence-corrected chi connectivity index (χ4v) is 4.84. The summed E-state index contributed by atoms with van der Waals surface area (Å²) in [6.07, 6.45) is 1.49. The van der Waals surface area contributed by atoms with E-state index in [9.17, 15) is 9.59 Å². The average Bonchev–Trinajstić information content (AvgIpc) is 3.14. The predicted molar refractivity (Wildman–Crippen MR) is 114 cm³/mol. The largest absolute Gasteiger partial charge is 0.467 e. The van der Waals surface area contributed by atoms with E-state index in [0.717, 1.165) is 21.2 Å². The van der Waals surface area contributed by atoms with Crippen molar-refractivity contribution in [1.82, 2.24) is 10.3 Å². The van der Waals surface area contributed by atoms with Gasteiger partial charge in [-0.15, -0.1) is 11.3 Å². The number of thioether (sulfide) groups is 1. The Labute approximate surface area is 172 Å². The molecule has 1 N–H and O–H groups in total. The van der Waals surface area contributed by atoms with Crippen LogP contribution in [0.15, 0.2) is 58.9 Å². The molecule has 0 bridgehead atoms. The van der Waals surface area contributed by atoms with Gasteiger partial charge in [0.25, 0.3) is 0 Å². The SMILES string of the molecule is COC(=O)C(Cc1ccccc1)NC(=O)CCCSc1nc2ccccc2s1. The number of ether oxygens (including phenoxy) is 1. The Morgan fingerprint density at radius 1 is 1.14 bits per heavy atom. The minimum absolute atomic E-state index is 0.142. The van der Waals surface area contributed by atoms with Gasteiger partial charge in [-0.1, -0.05) is 54.2 Å². The van der Waals surface area contributed by atoms with Crippen molar-refractivity contribution < 1.29 is 14.3 Å². The number of para-hydroxylation sites is 1. The van der Waals surface area contributed by atoms with Gasteiger partial charge in [-0.25, -0.2) is 9.78 Å². The zero-order valence-corrected chi connectivity index (χ0v) is 17.2. The van der Waals surface area contributed by atoms with Crippen LogP contribution in [0.5, 0.6) is 0 Å². The molecular weight excluding hydrogens is 392 g/mol. The number of methoxy groups -OCH3 is 1. The molecule has 0 saturated carbocycles. The van der Waals surface area contributed by atoms with Gasteiger partial charge in [-0.05, 0) is 24.1 Å². The summed E-state index contributed by atoms with van der Waals surface area (Å²) in [7, 11) is 1.33. The van der Waals surface area contributed by atoms with Gasteiger partial charge in [-0.3, -0.25) is 4.79 Å². The van der Waals surface area contributed by atoms with Gasteiger partial charge < -0.3 is 10.1 Å². The molecule has 28 heavy (non-hydrogen) atoms. The van der Waals surface area contributed by atoms with E-state index in [2.05, 4.69) is 16.4 Å². The third-order valence-corrected chi connectivity index (χ3v) is 6.42. The van der Waals surface area contributed by atoms with Crippen LogP contribution in [0.25, 0.3) is 10.2 Å². The lowest BCUT2D eigenvalue weighted by atomic mass is 10.1. The fraction of sp³-hybridized carbons (Fsp3) is 0.286. The molecule has 1 heterocycles. The normalized spacial score (nSPS) is 11.9. The predicted octanol–water partition coefficient (Wildman–Crippen LogP) is 4.07. The van der Waals surface area contributed by atoms with Crippen molar-refractivity contribution in [1.29, 1.82) is 0 Å². The van der Waals surface area contributed by atoms with Gasteiger partial charge in [0.1, 0.15) is 6.04 Å². The van der Waals surface area contributed by atoms with Crippen molar-refractivity contribution in [2.75, 3.05) is 12.9 Å². The number of hydrogen-bond acceptors (Lipinski definition) is 6. The summed E-state index contributed by atoms with van der Waals surface area (Å²) in [5.41, 5.74) is 1.99. The summed E-state index contributed by atoms with van der Waals surface area (Å²) < 4.78 is 7.02. The van der Waals surface area contributed by atoms with E-state index >= 15 is 0 Å². The average molecular weight is 415 g/mol. The molecule has 5 nitrogen and oxygen atoms in total. The first kappa shape index (κ1) is 20.4. The highest BCUT2D eigenvalue weighted by atomic mass is 32.2. The summed E-state index contributed by atoms with van der Waals surface area (Å²) in [4.78, 5) is 28.9. The van der Waals surface area contributed by atoms with Crippen molar-refractivity contribution in [2.45, 2.75) is 29.6 Å².